The Balaban J connectivity index is 1.26. The second-order valence-electron chi connectivity index (χ2n) is 13.9. The Kier molecular flexibility index (Phi) is 6.18. The van der Waals surface area contributed by atoms with Crippen LogP contribution in [-0.2, 0) is 0 Å². The smallest absolute Gasteiger partial charge is 0.0645 e. The molecule has 0 spiro atoms. The Hall–Kier alpha value is -5.96. The molecule has 0 aliphatic heterocycles. The molecule has 1 aromatic heterocycles. The van der Waals surface area contributed by atoms with E-state index >= 15 is 0 Å². The summed E-state index contributed by atoms with van der Waals surface area (Å²) < 4.78 is 89.4. The Labute approximate surface area is 335 Å². The fourth-order valence-corrected chi connectivity index (χ4v) is 9.66. The molecule has 0 saturated heterocycles. The first-order valence-electron chi connectivity index (χ1n) is 23.6. The highest BCUT2D eigenvalue weighted by molar-refractivity contribution is 7.23. The van der Waals surface area contributed by atoms with Gasteiger partial charge in [-0.05, 0) is 98.1 Å². The van der Waals surface area contributed by atoms with Crippen molar-refractivity contribution < 1.29 is 13.7 Å². The summed E-state index contributed by atoms with van der Waals surface area (Å²) in [5.41, 5.74) is 6.41. The zero-order chi connectivity index (χ0) is 44.6. The summed E-state index contributed by atoms with van der Waals surface area (Å²) in [4.78, 5) is 3.05. The largest absolute Gasteiger partial charge is 0.338 e. The van der Waals surface area contributed by atoms with Crippen LogP contribution in [0.4, 0.5) is 11.4 Å². The van der Waals surface area contributed by atoms with E-state index in [0.717, 1.165) is 70.0 Å². The van der Waals surface area contributed by atoms with E-state index in [9.17, 15) is 2.74 Å². The molecule has 2 heteroatoms. The first-order chi connectivity index (χ1) is 31.0. The standard InChI is InChI=1S/C52H41NS/c1-5-17-36(18-6-1)50-44-26-14-13-25-43(44)49(45-34-33-42(35-47(45)50)53(40-21-9-3-10-22-40)41-23-11-4-12-24-41)38-29-31-39(32-30-38)52-51(37-19-7-2-8-20-37)46-27-15-16-28-48(46)54-52/h1-3,5-10,13-22,25-35,41H,4,11-12,23-24H2/i1D,3D,5D,6D,9D,10D,17D,18D,21D,22D. The predicted octanol–water partition coefficient (Wildman–Crippen LogP) is 15.3. The lowest BCUT2D eigenvalue weighted by molar-refractivity contribution is 0.436. The van der Waals surface area contributed by atoms with Gasteiger partial charge in [0, 0.05) is 37.9 Å². The van der Waals surface area contributed by atoms with Crippen molar-refractivity contribution in [1.29, 1.82) is 0 Å². The number of hydrogen-bond donors (Lipinski definition) is 0. The molecule has 1 fully saturated rings. The van der Waals surface area contributed by atoms with Crippen molar-refractivity contribution in [3.05, 3.63) is 182 Å². The van der Waals surface area contributed by atoms with Gasteiger partial charge in [0.15, 0.2) is 0 Å². The molecular formula is C52H41NS. The summed E-state index contributed by atoms with van der Waals surface area (Å²) >= 11 is 1.76. The van der Waals surface area contributed by atoms with Crippen LogP contribution in [0.5, 0.6) is 0 Å². The second-order valence-corrected chi connectivity index (χ2v) is 15.0. The van der Waals surface area contributed by atoms with Crippen LogP contribution in [-0.4, -0.2) is 6.04 Å². The van der Waals surface area contributed by atoms with E-state index in [1.165, 1.54) is 15.6 Å². The molecule has 260 valence electrons. The third-order valence-corrected chi connectivity index (χ3v) is 12.0. The van der Waals surface area contributed by atoms with Gasteiger partial charge in [0.2, 0.25) is 0 Å². The lowest BCUT2D eigenvalue weighted by Crippen LogP contribution is -2.32. The molecule has 0 unspecified atom stereocenters. The van der Waals surface area contributed by atoms with Crippen molar-refractivity contribution in [2.24, 2.45) is 0 Å². The summed E-state index contributed by atoms with van der Waals surface area (Å²) in [5, 5.41) is 4.10. The van der Waals surface area contributed by atoms with Crippen LogP contribution < -0.4 is 4.90 Å². The Morgan fingerprint density at radius 2 is 1.02 bits per heavy atom. The maximum absolute atomic E-state index is 9.23. The van der Waals surface area contributed by atoms with Gasteiger partial charge >= 0.3 is 0 Å². The van der Waals surface area contributed by atoms with Gasteiger partial charge in [0.1, 0.15) is 0 Å². The summed E-state index contributed by atoms with van der Waals surface area (Å²) in [6.45, 7) is 0. The highest BCUT2D eigenvalue weighted by Crippen LogP contribution is 2.48. The lowest BCUT2D eigenvalue weighted by Gasteiger charge is -2.36. The van der Waals surface area contributed by atoms with E-state index in [-0.39, 0.29) is 41.5 Å². The van der Waals surface area contributed by atoms with Gasteiger partial charge in [-0.1, -0.05) is 171 Å². The maximum atomic E-state index is 9.23. The molecule has 0 bridgehead atoms. The third-order valence-electron chi connectivity index (χ3n) is 10.8. The highest BCUT2D eigenvalue weighted by Gasteiger charge is 2.25. The van der Waals surface area contributed by atoms with Crippen molar-refractivity contribution in [1.82, 2.24) is 0 Å². The molecule has 8 aromatic carbocycles. The Morgan fingerprint density at radius 3 is 1.74 bits per heavy atom. The monoisotopic (exact) mass is 721 g/mol. The molecule has 0 radical (unpaired) electrons. The molecule has 1 aliphatic carbocycles. The van der Waals surface area contributed by atoms with Crippen LogP contribution in [0.25, 0.3) is 75.5 Å². The van der Waals surface area contributed by atoms with Crippen LogP contribution in [0, 0.1) is 0 Å². The van der Waals surface area contributed by atoms with E-state index in [0.29, 0.717) is 22.0 Å². The first-order valence-corrected chi connectivity index (χ1v) is 19.4. The fourth-order valence-electron chi connectivity index (χ4n) is 8.43. The SMILES string of the molecule is [2H]c1c([2H])c([2H])c(-c2c3ccccc3c(-c3ccc(-c4sc5ccccc5c4-c4ccccc4)cc3)c3ccc(N(c4c([2H])c([2H])c([2H])c([2H])c4[2H])C4CCCCC4)cc23)c([2H])c1[2H]. The van der Waals surface area contributed by atoms with Crippen molar-refractivity contribution in [2.75, 3.05) is 4.90 Å². The third kappa shape index (κ3) is 5.79. The maximum Gasteiger partial charge on any atom is 0.0645 e. The average Bonchev–Trinajstić information content (AvgIpc) is 3.73. The molecule has 0 atom stereocenters. The van der Waals surface area contributed by atoms with Gasteiger partial charge in [0.05, 0.1) is 13.7 Å². The summed E-state index contributed by atoms with van der Waals surface area (Å²) in [5.74, 6) is 0. The second kappa shape index (κ2) is 14.1. The number of benzene rings is 8. The minimum Gasteiger partial charge on any atom is -0.338 e. The van der Waals surface area contributed by atoms with Crippen LogP contribution >= 0.6 is 11.3 Å². The van der Waals surface area contributed by atoms with Crippen LogP contribution in [0.2, 0.25) is 0 Å². The molecular weight excluding hydrogens is 671 g/mol. The predicted molar refractivity (Wildman–Crippen MR) is 234 cm³/mol. The van der Waals surface area contributed by atoms with Crippen molar-refractivity contribution in [3.8, 4) is 43.8 Å². The van der Waals surface area contributed by atoms with E-state index in [1.807, 2.05) is 53.4 Å². The summed E-state index contributed by atoms with van der Waals surface area (Å²) in [7, 11) is 0. The molecule has 1 nitrogen and oxygen atoms in total. The highest BCUT2D eigenvalue weighted by atomic mass is 32.1. The molecule has 0 N–H and O–H groups in total. The van der Waals surface area contributed by atoms with Gasteiger partial charge in [0.25, 0.3) is 0 Å². The van der Waals surface area contributed by atoms with Crippen molar-refractivity contribution >= 4 is 54.3 Å². The number of rotatable bonds is 7. The van der Waals surface area contributed by atoms with E-state index in [1.54, 1.807) is 11.3 Å². The molecule has 1 heterocycles. The number of anilines is 2. The normalized spacial score (nSPS) is 16.1. The van der Waals surface area contributed by atoms with E-state index < -0.39 is 36.3 Å². The number of thiophene rings is 1. The van der Waals surface area contributed by atoms with Crippen LogP contribution in [0.15, 0.2) is 182 Å². The molecule has 10 rings (SSSR count). The average molecular weight is 722 g/mol. The minimum atomic E-state index is -0.483. The zero-order valence-corrected chi connectivity index (χ0v) is 30.3. The van der Waals surface area contributed by atoms with Crippen LogP contribution in [0.1, 0.15) is 45.8 Å². The van der Waals surface area contributed by atoms with Gasteiger partial charge in [-0.25, -0.2) is 0 Å². The summed E-state index contributed by atoms with van der Waals surface area (Å²) in [6.07, 6.45) is 4.36. The van der Waals surface area contributed by atoms with Crippen molar-refractivity contribution in [2.45, 2.75) is 38.1 Å². The van der Waals surface area contributed by atoms with Gasteiger partial charge < -0.3 is 4.90 Å². The lowest BCUT2D eigenvalue weighted by atomic mass is 9.85. The molecule has 1 aliphatic rings. The van der Waals surface area contributed by atoms with Gasteiger partial charge in [-0.15, -0.1) is 11.3 Å². The summed E-state index contributed by atoms with van der Waals surface area (Å²) in [6, 6.07) is 36.9. The number of fused-ring (bicyclic) bond motifs is 3. The fraction of sp³-hybridized carbons (Fsp3) is 0.115. The topological polar surface area (TPSA) is 3.24 Å². The molecule has 1 saturated carbocycles. The number of nitrogens with zero attached hydrogens (tertiary/aromatic N) is 1. The van der Waals surface area contributed by atoms with Gasteiger partial charge in [-0.3, -0.25) is 0 Å². The van der Waals surface area contributed by atoms with Crippen LogP contribution in [0.3, 0.4) is 0 Å². The molecule has 54 heavy (non-hydrogen) atoms. The quantitative estimate of drug-likeness (QED) is 0.148. The van der Waals surface area contributed by atoms with E-state index in [4.69, 9.17) is 11.0 Å². The van der Waals surface area contributed by atoms with E-state index in [2.05, 4.69) is 72.8 Å². The Morgan fingerprint density at radius 1 is 0.444 bits per heavy atom. The van der Waals surface area contributed by atoms with Gasteiger partial charge in [-0.2, -0.15) is 0 Å². The first kappa shape index (κ1) is 23.7. The number of hydrogen-bond acceptors (Lipinski definition) is 2. The molecule has 9 aromatic rings. The minimum absolute atomic E-state index is 0.0662. The van der Waals surface area contributed by atoms with Crippen molar-refractivity contribution in [3.63, 3.8) is 0 Å². The number of para-hydroxylation sites is 1. The Bertz CT molecular complexity index is 3260. The zero-order valence-electron chi connectivity index (χ0n) is 39.5. The molecule has 0 amide bonds.